The van der Waals surface area contributed by atoms with Crippen molar-refractivity contribution in [2.45, 2.75) is 50.3 Å². The van der Waals surface area contributed by atoms with Gasteiger partial charge in [-0.05, 0) is 49.5 Å². The molecule has 3 aliphatic rings. The van der Waals surface area contributed by atoms with Crippen LogP contribution in [0.15, 0.2) is 30.3 Å². The Balaban J connectivity index is 1.29. The molecule has 2 aliphatic heterocycles. The van der Waals surface area contributed by atoms with E-state index in [0.29, 0.717) is 6.04 Å². The highest BCUT2D eigenvalue weighted by Crippen LogP contribution is 2.36. The van der Waals surface area contributed by atoms with E-state index in [0.717, 1.165) is 43.8 Å². The maximum absolute atomic E-state index is 12.7. The predicted octanol–water partition coefficient (Wildman–Crippen LogP) is 1.60. The number of likely N-dealkylation sites (tertiary alicyclic amines) is 1. The monoisotopic (exact) mass is 329 g/mol. The summed E-state index contributed by atoms with van der Waals surface area (Å²) < 4.78 is 0. The van der Waals surface area contributed by atoms with Crippen molar-refractivity contribution in [1.29, 1.82) is 0 Å². The first kappa shape index (κ1) is 16.1. The summed E-state index contributed by atoms with van der Waals surface area (Å²) in [5.74, 6) is 1.23. The van der Waals surface area contributed by atoms with Crippen molar-refractivity contribution in [3.05, 3.63) is 35.9 Å². The lowest BCUT2D eigenvalue weighted by atomic mass is 9.87. The molecule has 5 nitrogen and oxygen atoms in total. The molecule has 1 aromatic carbocycles. The van der Waals surface area contributed by atoms with E-state index < -0.39 is 6.10 Å². The zero-order valence-electron chi connectivity index (χ0n) is 14.0. The van der Waals surface area contributed by atoms with Crippen LogP contribution in [0, 0.1) is 11.8 Å². The van der Waals surface area contributed by atoms with Crippen molar-refractivity contribution in [1.82, 2.24) is 15.8 Å². The fourth-order valence-electron chi connectivity index (χ4n) is 4.13. The summed E-state index contributed by atoms with van der Waals surface area (Å²) in [6, 6.07) is 10.2. The predicted molar refractivity (Wildman–Crippen MR) is 91.9 cm³/mol. The summed E-state index contributed by atoms with van der Waals surface area (Å²) in [6.45, 7) is 1.50. The van der Waals surface area contributed by atoms with Crippen LogP contribution in [0.3, 0.4) is 0 Å². The minimum Gasteiger partial charge on any atom is -0.388 e. The van der Waals surface area contributed by atoms with Gasteiger partial charge < -0.3 is 10.0 Å². The van der Waals surface area contributed by atoms with E-state index in [9.17, 15) is 9.90 Å². The van der Waals surface area contributed by atoms with Gasteiger partial charge in [0.25, 0.3) is 0 Å². The second-order valence-corrected chi connectivity index (χ2v) is 7.54. The molecule has 1 saturated carbocycles. The molecule has 3 fully saturated rings. The van der Waals surface area contributed by atoms with Crippen LogP contribution in [-0.4, -0.2) is 41.1 Å². The number of amides is 1. The lowest BCUT2D eigenvalue weighted by molar-refractivity contribution is -0.135. The lowest BCUT2D eigenvalue weighted by Crippen LogP contribution is -2.48. The van der Waals surface area contributed by atoms with E-state index in [-0.39, 0.29) is 17.9 Å². The number of rotatable bonds is 4. The zero-order valence-corrected chi connectivity index (χ0v) is 14.0. The minimum absolute atomic E-state index is 0.0776. The molecule has 4 rings (SSSR count). The molecule has 3 unspecified atom stereocenters. The number of hydrogen-bond acceptors (Lipinski definition) is 4. The van der Waals surface area contributed by atoms with Gasteiger partial charge in [-0.3, -0.25) is 10.2 Å². The van der Waals surface area contributed by atoms with Crippen molar-refractivity contribution in [3.8, 4) is 0 Å². The van der Waals surface area contributed by atoms with Crippen molar-refractivity contribution in [2.75, 3.05) is 13.1 Å². The van der Waals surface area contributed by atoms with Gasteiger partial charge in [-0.1, -0.05) is 30.3 Å². The van der Waals surface area contributed by atoms with Gasteiger partial charge in [0.1, 0.15) is 6.04 Å². The smallest absolute Gasteiger partial charge is 0.241 e. The summed E-state index contributed by atoms with van der Waals surface area (Å²) >= 11 is 0. The van der Waals surface area contributed by atoms with E-state index in [1.165, 1.54) is 12.8 Å². The molecule has 1 aliphatic carbocycles. The van der Waals surface area contributed by atoms with E-state index in [4.69, 9.17) is 0 Å². The fourth-order valence-corrected chi connectivity index (χ4v) is 4.13. The van der Waals surface area contributed by atoms with Crippen LogP contribution in [-0.2, 0) is 4.79 Å². The van der Waals surface area contributed by atoms with Gasteiger partial charge in [0.2, 0.25) is 5.91 Å². The fraction of sp³-hybridized carbons (Fsp3) is 0.632. The highest BCUT2D eigenvalue weighted by atomic mass is 16.3. The van der Waals surface area contributed by atoms with E-state index in [1.807, 2.05) is 35.2 Å². The molecule has 130 valence electrons. The summed E-state index contributed by atoms with van der Waals surface area (Å²) in [6.07, 6.45) is 4.82. The SMILES string of the molecule is O=C(C1CC(C2CC2)NN1)N1CCC(C(O)c2ccccc2)CC1. The molecule has 0 radical (unpaired) electrons. The van der Waals surface area contributed by atoms with Crippen LogP contribution in [0.2, 0.25) is 0 Å². The van der Waals surface area contributed by atoms with Gasteiger partial charge in [-0.15, -0.1) is 0 Å². The van der Waals surface area contributed by atoms with Gasteiger partial charge in [-0.25, -0.2) is 5.43 Å². The van der Waals surface area contributed by atoms with Crippen LogP contribution >= 0.6 is 0 Å². The molecule has 2 heterocycles. The average Bonchev–Trinajstić information content (AvgIpc) is 3.38. The molecule has 0 bridgehead atoms. The van der Waals surface area contributed by atoms with Gasteiger partial charge >= 0.3 is 0 Å². The first-order valence-corrected chi connectivity index (χ1v) is 9.25. The topological polar surface area (TPSA) is 64.6 Å². The van der Waals surface area contributed by atoms with Crippen LogP contribution < -0.4 is 10.9 Å². The number of piperidine rings is 1. The Morgan fingerprint density at radius 2 is 1.79 bits per heavy atom. The second-order valence-electron chi connectivity index (χ2n) is 7.54. The standard InChI is InChI=1S/C19H27N3O2/c23-18(14-4-2-1-3-5-14)15-8-10-22(11-9-15)19(24)17-12-16(20-21-17)13-6-7-13/h1-5,13,15-18,20-21,23H,6-12H2. The number of nitrogens with one attached hydrogen (secondary N) is 2. The summed E-state index contributed by atoms with van der Waals surface area (Å²) in [5.41, 5.74) is 7.48. The Kier molecular flexibility index (Phi) is 4.57. The summed E-state index contributed by atoms with van der Waals surface area (Å²) in [4.78, 5) is 14.7. The Morgan fingerprint density at radius 1 is 1.08 bits per heavy atom. The van der Waals surface area contributed by atoms with Crippen LogP contribution in [0.1, 0.15) is 43.8 Å². The van der Waals surface area contributed by atoms with E-state index in [1.54, 1.807) is 0 Å². The Bertz CT molecular complexity index is 567. The molecule has 3 N–H and O–H groups in total. The Morgan fingerprint density at radius 3 is 2.46 bits per heavy atom. The van der Waals surface area contributed by atoms with Crippen molar-refractivity contribution in [2.24, 2.45) is 11.8 Å². The van der Waals surface area contributed by atoms with Crippen LogP contribution in [0.5, 0.6) is 0 Å². The number of benzene rings is 1. The van der Waals surface area contributed by atoms with Crippen molar-refractivity contribution in [3.63, 3.8) is 0 Å². The van der Waals surface area contributed by atoms with Crippen LogP contribution in [0.4, 0.5) is 0 Å². The van der Waals surface area contributed by atoms with Gasteiger partial charge in [-0.2, -0.15) is 0 Å². The molecule has 0 aromatic heterocycles. The third kappa shape index (κ3) is 3.34. The highest BCUT2D eigenvalue weighted by Gasteiger charge is 2.40. The number of carbonyl (C=O) groups is 1. The molecular weight excluding hydrogens is 302 g/mol. The maximum Gasteiger partial charge on any atom is 0.241 e. The summed E-state index contributed by atoms with van der Waals surface area (Å²) in [7, 11) is 0. The zero-order chi connectivity index (χ0) is 16.5. The molecule has 0 spiro atoms. The Hall–Kier alpha value is -1.43. The number of hydrazine groups is 1. The number of aliphatic hydroxyl groups excluding tert-OH is 1. The summed E-state index contributed by atoms with van der Waals surface area (Å²) in [5, 5.41) is 10.6. The first-order valence-electron chi connectivity index (χ1n) is 9.25. The first-order chi connectivity index (χ1) is 11.7. The third-order valence-electron chi connectivity index (χ3n) is 5.86. The van der Waals surface area contributed by atoms with Gasteiger partial charge in [0, 0.05) is 19.1 Å². The molecule has 1 aromatic rings. The van der Waals surface area contributed by atoms with Crippen LogP contribution in [0.25, 0.3) is 0 Å². The normalized spacial score (nSPS) is 29.6. The van der Waals surface area contributed by atoms with E-state index >= 15 is 0 Å². The lowest BCUT2D eigenvalue weighted by Gasteiger charge is -2.35. The molecule has 24 heavy (non-hydrogen) atoms. The molecule has 1 amide bonds. The van der Waals surface area contributed by atoms with E-state index in [2.05, 4.69) is 10.9 Å². The molecular formula is C19H27N3O2. The largest absolute Gasteiger partial charge is 0.388 e. The molecule has 5 heteroatoms. The molecule has 2 saturated heterocycles. The number of nitrogens with zero attached hydrogens (tertiary/aromatic N) is 1. The minimum atomic E-state index is -0.422. The number of aliphatic hydroxyl groups is 1. The van der Waals surface area contributed by atoms with Crippen molar-refractivity contribution >= 4 is 5.91 Å². The molecule has 3 atom stereocenters. The highest BCUT2D eigenvalue weighted by molar-refractivity contribution is 5.82. The van der Waals surface area contributed by atoms with Gasteiger partial charge in [0.15, 0.2) is 0 Å². The third-order valence-corrected chi connectivity index (χ3v) is 5.86. The quantitative estimate of drug-likeness (QED) is 0.785. The van der Waals surface area contributed by atoms with Gasteiger partial charge in [0.05, 0.1) is 6.10 Å². The Labute approximate surface area is 143 Å². The number of hydrogen-bond donors (Lipinski definition) is 3. The second kappa shape index (κ2) is 6.82. The van der Waals surface area contributed by atoms with Crippen molar-refractivity contribution < 1.29 is 9.90 Å². The average molecular weight is 329 g/mol. The maximum atomic E-state index is 12.7. The number of carbonyl (C=O) groups excluding carboxylic acids is 1.